The Bertz CT molecular complexity index is 743. The monoisotopic (exact) mass is 415 g/mol. The summed E-state index contributed by atoms with van der Waals surface area (Å²) in [6.07, 6.45) is -3.35. The lowest BCUT2D eigenvalue weighted by atomic mass is 10.2. The molecule has 1 aromatic rings. The van der Waals surface area contributed by atoms with Crippen LogP contribution in [0.25, 0.3) is 0 Å². The molecule has 148 valence electrons. The Balaban J connectivity index is 0.00000338. The van der Waals surface area contributed by atoms with Crippen LogP contribution in [-0.4, -0.2) is 44.4 Å². The molecule has 1 aromatic carbocycles. The summed E-state index contributed by atoms with van der Waals surface area (Å²) in [7, 11) is -4.52. The minimum Gasteiger partial charge on any atom is -0.337 e. The van der Waals surface area contributed by atoms with Gasteiger partial charge in [0.05, 0.1) is 16.5 Å². The van der Waals surface area contributed by atoms with Gasteiger partial charge in [-0.3, -0.25) is 4.79 Å². The van der Waals surface area contributed by atoms with E-state index in [1.54, 1.807) is 0 Å². The lowest BCUT2D eigenvalue weighted by molar-refractivity contribution is -0.139. The summed E-state index contributed by atoms with van der Waals surface area (Å²) in [6, 6.07) is 2.47. The van der Waals surface area contributed by atoms with E-state index in [1.807, 2.05) is 4.72 Å². The molecule has 2 atom stereocenters. The van der Waals surface area contributed by atoms with Gasteiger partial charge in [0, 0.05) is 19.1 Å². The van der Waals surface area contributed by atoms with Crippen molar-refractivity contribution in [1.82, 2.24) is 9.62 Å². The molecule has 1 aliphatic heterocycles. The molecule has 1 aliphatic rings. The summed E-state index contributed by atoms with van der Waals surface area (Å²) in [4.78, 5) is 13.0. The number of carbonyl (C=O) groups excluding carboxylic acids is 1. The SMILES string of the molecule is CC(NS(=O)(=O)c1ccccc1C(F)(F)F)C(=O)N1CCCC1CN.Cl. The number of amides is 1. The van der Waals surface area contributed by atoms with E-state index in [1.165, 1.54) is 17.9 Å². The maximum absolute atomic E-state index is 13.0. The van der Waals surface area contributed by atoms with Gasteiger partial charge in [-0.25, -0.2) is 8.42 Å². The molecule has 3 N–H and O–H groups in total. The maximum Gasteiger partial charge on any atom is 0.417 e. The van der Waals surface area contributed by atoms with Gasteiger partial charge in [0.15, 0.2) is 0 Å². The van der Waals surface area contributed by atoms with Crippen molar-refractivity contribution in [3.05, 3.63) is 29.8 Å². The third-order valence-electron chi connectivity index (χ3n) is 4.12. The minimum absolute atomic E-state index is 0. The average molecular weight is 416 g/mol. The van der Waals surface area contributed by atoms with E-state index in [-0.39, 0.29) is 25.0 Å². The third kappa shape index (κ3) is 4.87. The minimum atomic E-state index is -4.82. The quantitative estimate of drug-likeness (QED) is 0.766. The zero-order valence-corrected chi connectivity index (χ0v) is 15.6. The Kier molecular flexibility index (Phi) is 7.46. The Morgan fingerprint density at radius 3 is 2.58 bits per heavy atom. The van der Waals surface area contributed by atoms with Gasteiger partial charge in [-0.1, -0.05) is 12.1 Å². The smallest absolute Gasteiger partial charge is 0.337 e. The van der Waals surface area contributed by atoms with Crippen molar-refractivity contribution in [1.29, 1.82) is 0 Å². The van der Waals surface area contributed by atoms with Crippen LogP contribution in [0, 0.1) is 0 Å². The fourth-order valence-corrected chi connectivity index (χ4v) is 4.33. The second-order valence-electron chi connectivity index (χ2n) is 5.90. The van der Waals surface area contributed by atoms with E-state index >= 15 is 0 Å². The van der Waals surface area contributed by atoms with Crippen molar-refractivity contribution in [2.24, 2.45) is 5.73 Å². The van der Waals surface area contributed by atoms with Crippen molar-refractivity contribution in [2.75, 3.05) is 13.1 Å². The summed E-state index contributed by atoms with van der Waals surface area (Å²) in [5.74, 6) is -0.499. The van der Waals surface area contributed by atoms with Gasteiger partial charge in [0.25, 0.3) is 0 Å². The van der Waals surface area contributed by atoms with E-state index in [0.717, 1.165) is 25.0 Å². The summed E-state index contributed by atoms with van der Waals surface area (Å²) in [5, 5.41) is 0. The van der Waals surface area contributed by atoms with Crippen LogP contribution in [0.4, 0.5) is 13.2 Å². The van der Waals surface area contributed by atoms with Gasteiger partial charge >= 0.3 is 6.18 Å². The molecule has 1 saturated heterocycles. The number of rotatable bonds is 5. The number of alkyl halides is 3. The van der Waals surface area contributed by atoms with Crippen molar-refractivity contribution < 1.29 is 26.4 Å². The molecule has 26 heavy (non-hydrogen) atoms. The summed E-state index contributed by atoms with van der Waals surface area (Å²) in [5.41, 5.74) is 4.32. The molecule has 0 spiro atoms. The highest BCUT2D eigenvalue weighted by Crippen LogP contribution is 2.34. The molecule has 0 radical (unpaired) electrons. The summed E-state index contributed by atoms with van der Waals surface area (Å²) < 4.78 is 65.9. The second kappa shape index (κ2) is 8.55. The zero-order chi connectivity index (χ0) is 18.8. The molecular formula is C15H21ClF3N3O3S. The Hall–Kier alpha value is -1.36. The number of nitrogens with two attached hydrogens (primary N) is 1. The highest BCUT2D eigenvalue weighted by atomic mass is 35.5. The molecule has 2 unspecified atom stereocenters. The number of carbonyl (C=O) groups is 1. The van der Waals surface area contributed by atoms with Crippen LogP contribution in [0.3, 0.4) is 0 Å². The average Bonchev–Trinajstić information content (AvgIpc) is 3.01. The molecule has 0 saturated carbocycles. The van der Waals surface area contributed by atoms with Crippen molar-refractivity contribution in [3.63, 3.8) is 0 Å². The van der Waals surface area contributed by atoms with Crippen molar-refractivity contribution >= 4 is 28.3 Å². The number of sulfonamides is 1. The van der Waals surface area contributed by atoms with Gasteiger partial charge in [-0.2, -0.15) is 17.9 Å². The standard InChI is InChI=1S/C15H20F3N3O3S.ClH/c1-10(14(22)21-8-4-5-11(21)9-19)20-25(23,24)13-7-3-2-6-12(13)15(16,17)18;/h2-3,6-7,10-11,20H,4-5,8-9,19H2,1H3;1H. The molecule has 1 amide bonds. The second-order valence-corrected chi connectivity index (χ2v) is 7.58. The number of nitrogens with one attached hydrogen (secondary N) is 1. The Labute approximate surface area is 156 Å². The molecule has 0 aliphatic carbocycles. The third-order valence-corrected chi connectivity index (χ3v) is 5.72. The van der Waals surface area contributed by atoms with E-state index in [2.05, 4.69) is 0 Å². The Morgan fingerprint density at radius 1 is 1.38 bits per heavy atom. The molecule has 2 rings (SSSR count). The van der Waals surface area contributed by atoms with Gasteiger partial charge in [0.1, 0.15) is 0 Å². The first-order chi connectivity index (χ1) is 11.6. The van der Waals surface area contributed by atoms with Crippen LogP contribution in [0.15, 0.2) is 29.2 Å². The maximum atomic E-state index is 13.0. The van der Waals surface area contributed by atoms with Crippen molar-refractivity contribution in [3.8, 4) is 0 Å². The molecule has 0 aromatic heterocycles. The van der Waals surface area contributed by atoms with Gasteiger partial charge in [-0.15, -0.1) is 12.4 Å². The molecule has 1 fully saturated rings. The molecule has 11 heteroatoms. The van der Waals surface area contributed by atoms with Crippen molar-refractivity contribution in [2.45, 2.75) is 42.9 Å². The first-order valence-electron chi connectivity index (χ1n) is 7.77. The number of nitrogens with zero attached hydrogens (tertiary/aromatic N) is 1. The number of hydrogen-bond acceptors (Lipinski definition) is 4. The van der Waals surface area contributed by atoms with E-state index in [4.69, 9.17) is 5.73 Å². The molecule has 0 bridgehead atoms. The number of halogens is 4. The molecule has 6 nitrogen and oxygen atoms in total. The van der Waals surface area contributed by atoms with Crippen LogP contribution in [0.5, 0.6) is 0 Å². The number of benzene rings is 1. The van der Waals surface area contributed by atoms with E-state index in [0.29, 0.717) is 12.6 Å². The normalized spacial score (nSPS) is 19.1. The van der Waals surface area contributed by atoms with Crippen LogP contribution in [0.2, 0.25) is 0 Å². The largest absolute Gasteiger partial charge is 0.417 e. The van der Waals surface area contributed by atoms with Gasteiger partial charge < -0.3 is 10.6 Å². The highest BCUT2D eigenvalue weighted by molar-refractivity contribution is 7.89. The van der Waals surface area contributed by atoms with Crippen LogP contribution < -0.4 is 10.5 Å². The first-order valence-corrected chi connectivity index (χ1v) is 9.25. The van der Waals surface area contributed by atoms with Crippen LogP contribution in [-0.2, 0) is 21.0 Å². The van der Waals surface area contributed by atoms with Crippen LogP contribution in [0.1, 0.15) is 25.3 Å². The molecular weight excluding hydrogens is 395 g/mol. The van der Waals surface area contributed by atoms with Gasteiger partial charge in [0.2, 0.25) is 15.9 Å². The predicted molar refractivity (Wildman–Crippen MR) is 92.3 cm³/mol. The summed E-state index contributed by atoms with van der Waals surface area (Å²) in [6.45, 7) is 2.01. The van der Waals surface area contributed by atoms with Gasteiger partial charge in [-0.05, 0) is 31.9 Å². The summed E-state index contributed by atoms with van der Waals surface area (Å²) >= 11 is 0. The van der Waals surface area contributed by atoms with Crippen LogP contribution >= 0.6 is 12.4 Å². The zero-order valence-electron chi connectivity index (χ0n) is 14.0. The number of hydrogen-bond donors (Lipinski definition) is 2. The molecule has 1 heterocycles. The lowest BCUT2D eigenvalue weighted by Gasteiger charge is -2.27. The fourth-order valence-electron chi connectivity index (χ4n) is 2.90. The number of likely N-dealkylation sites (tertiary alicyclic amines) is 1. The highest BCUT2D eigenvalue weighted by Gasteiger charge is 2.38. The fraction of sp³-hybridized carbons (Fsp3) is 0.533. The lowest BCUT2D eigenvalue weighted by Crippen LogP contribution is -2.50. The topological polar surface area (TPSA) is 92.5 Å². The predicted octanol–water partition coefficient (Wildman–Crippen LogP) is 1.74. The van der Waals surface area contributed by atoms with E-state index in [9.17, 15) is 26.4 Å². The van der Waals surface area contributed by atoms with E-state index < -0.39 is 38.6 Å². The first kappa shape index (κ1) is 22.7. The Morgan fingerprint density at radius 2 is 2.00 bits per heavy atom.